The lowest BCUT2D eigenvalue weighted by Gasteiger charge is -2.11. The summed E-state index contributed by atoms with van der Waals surface area (Å²) in [6, 6.07) is 0. The molecular weight excluding hydrogens is 214 g/mol. The predicted molar refractivity (Wildman–Crippen MR) is 69.2 cm³/mol. The van der Waals surface area contributed by atoms with Gasteiger partial charge in [-0.15, -0.1) is 0 Å². The molecule has 0 saturated carbocycles. The third-order valence-corrected chi connectivity index (χ3v) is 2.92. The molecule has 0 aliphatic heterocycles. The quantitative estimate of drug-likeness (QED) is 0.768. The average Bonchev–Trinajstić information content (AvgIpc) is 2.54. The Bertz CT molecular complexity index is 353. The summed E-state index contributed by atoms with van der Waals surface area (Å²) in [6.07, 6.45) is 10.4. The highest BCUT2D eigenvalue weighted by molar-refractivity contribution is 5.80. The molecule has 0 aromatic rings. The lowest BCUT2D eigenvalue weighted by molar-refractivity contribution is -0.124. The van der Waals surface area contributed by atoms with Crippen molar-refractivity contribution in [3.8, 4) is 0 Å². The molecule has 0 saturated heterocycles. The Morgan fingerprint density at radius 2 is 2.35 bits per heavy atom. The molecule has 1 rings (SSSR count). The van der Waals surface area contributed by atoms with Crippen molar-refractivity contribution in [3.63, 3.8) is 0 Å². The summed E-state index contributed by atoms with van der Waals surface area (Å²) in [5, 5.41) is 11.7. The van der Waals surface area contributed by atoms with Gasteiger partial charge in [-0.25, -0.2) is 0 Å². The van der Waals surface area contributed by atoms with Gasteiger partial charge in [0.15, 0.2) is 0 Å². The van der Waals surface area contributed by atoms with Gasteiger partial charge in [0, 0.05) is 18.2 Å². The molecule has 3 nitrogen and oxygen atoms in total. The van der Waals surface area contributed by atoms with E-state index in [2.05, 4.69) is 18.3 Å². The van der Waals surface area contributed by atoms with Crippen LogP contribution in [0.3, 0.4) is 0 Å². The molecule has 1 atom stereocenters. The second-order valence-corrected chi connectivity index (χ2v) is 4.30. The van der Waals surface area contributed by atoms with E-state index in [1.807, 2.05) is 25.2 Å². The van der Waals surface area contributed by atoms with E-state index >= 15 is 0 Å². The van der Waals surface area contributed by atoms with E-state index in [9.17, 15) is 4.79 Å². The molecule has 0 radical (unpaired) electrons. The first-order valence-electron chi connectivity index (χ1n) is 6.15. The largest absolute Gasteiger partial charge is 0.396 e. The van der Waals surface area contributed by atoms with E-state index in [1.54, 1.807) is 0 Å². The van der Waals surface area contributed by atoms with E-state index in [0.29, 0.717) is 6.42 Å². The number of carbonyl (C=O) groups excluding carboxylic acids is 1. The van der Waals surface area contributed by atoms with E-state index in [4.69, 9.17) is 5.11 Å². The molecule has 0 aromatic carbocycles. The predicted octanol–water partition coefficient (Wildman–Crippen LogP) is 2.30. The van der Waals surface area contributed by atoms with Gasteiger partial charge in [-0.05, 0) is 25.3 Å². The average molecular weight is 235 g/mol. The minimum atomic E-state index is -0.156. The number of hydrogen-bond donors (Lipinski definition) is 2. The fraction of sp³-hybridized carbons (Fsp3) is 0.500. The zero-order valence-corrected chi connectivity index (χ0v) is 10.6. The van der Waals surface area contributed by atoms with Gasteiger partial charge >= 0.3 is 0 Å². The summed E-state index contributed by atoms with van der Waals surface area (Å²) in [4.78, 5) is 11.8. The minimum Gasteiger partial charge on any atom is -0.396 e. The van der Waals surface area contributed by atoms with Crippen LogP contribution in [0, 0.1) is 5.92 Å². The number of aliphatic hydroxyl groups is 1. The van der Waals surface area contributed by atoms with Crippen LogP contribution in [-0.4, -0.2) is 17.6 Å². The van der Waals surface area contributed by atoms with Crippen LogP contribution in [0.15, 0.2) is 35.6 Å². The maximum atomic E-state index is 11.8. The second kappa shape index (κ2) is 7.07. The Morgan fingerprint density at radius 3 is 3.00 bits per heavy atom. The normalized spacial score (nSPS) is 16.9. The molecule has 0 heterocycles. The van der Waals surface area contributed by atoms with Crippen molar-refractivity contribution in [1.29, 1.82) is 0 Å². The summed E-state index contributed by atoms with van der Waals surface area (Å²) in [6.45, 7) is 3.99. The van der Waals surface area contributed by atoms with Gasteiger partial charge in [0.05, 0.1) is 0 Å². The molecule has 1 aliphatic carbocycles. The first-order chi connectivity index (χ1) is 8.17. The smallest absolute Gasteiger partial charge is 0.227 e. The van der Waals surface area contributed by atoms with Crippen molar-refractivity contribution in [2.75, 3.05) is 6.61 Å². The number of hydrogen-bond acceptors (Lipinski definition) is 2. The Labute approximate surface area is 103 Å². The summed E-state index contributed by atoms with van der Waals surface area (Å²) >= 11 is 0. The SMILES string of the molecule is CCC1=CC=CC(NC(=O)C(C)CCO)=CC1. The molecule has 1 aliphatic rings. The molecule has 17 heavy (non-hydrogen) atoms. The number of aliphatic hydroxyl groups excluding tert-OH is 1. The molecule has 3 heteroatoms. The van der Waals surface area contributed by atoms with Gasteiger partial charge < -0.3 is 10.4 Å². The summed E-state index contributed by atoms with van der Waals surface area (Å²) < 4.78 is 0. The van der Waals surface area contributed by atoms with Crippen LogP contribution in [0.25, 0.3) is 0 Å². The molecular formula is C14H21NO2. The highest BCUT2D eigenvalue weighted by atomic mass is 16.3. The van der Waals surface area contributed by atoms with Gasteiger partial charge in [-0.3, -0.25) is 4.79 Å². The van der Waals surface area contributed by atoms with Crippen LogP contribution in [-0.2, 0) is 4.79 Å². The van der Waals surface area contributed by atoms with E-state index in [1.165, 1.54) is 5.57 Å². The zero-order valence-electron chi connectivity index (χ0n) is 10.6. The number of amides is 1. The van der Waals surface area contributed by atoms with Crippen LogP contribution in [0.1, 0.15) is 33.1 Å². The molecule has 1 unspecified atom stereocenters. The standard InChI is InChI=1S/C14H21NO2/c1-3-12-5-4-6-13(8-7-12)15-14(17)11(2)9-10-16/h4-6,8,11,16H,3,7,9-10H2,1-2H3,(H,15,17). The van der Waals surface area contributed by atoms with Gasteiger partial charge in [-0.1, -0.05) is 37.6 Å². The maximum absolute atomic E-state index is 11.8. The van der Waals surface area contributed by atoms with Crippen LogP contribution in [0.5, 0.6) is 0 Å². The first-order valence-corrected chi connectivity index (χ1v) is 6.15. The van der Waals surface area contributed by atoms with Crippen molar-refractivity contribution >= 4 is 5.91 Å². The molecule has 94 valence electrons. The topological polar surface area (TPSA) is 49.3 Å². The molecule has 0 fully saturated rings. The second-order valence-electron chi connectivity index (χ2n) is 4.30. The molecule has 0 bridgehead atoms. The van der Waals surface area contributed by atoms with Crippen LogP contribution >= 0.6 is 0 Å². The summed E-state index contributed by atoms with van der Waals surface area (Å²) in [7, 11) is 0. The highest BCUT2D eigenvalue weighted by Crippen LogP contribution is 2.13. The lowest BCUT2D eigenvalue weighted by atomic mass is 10.1. The van der Waals surface area contributed by atoms with Crippen molar-refractivity contribution in [3.05, 3.63) is 35.6 Å². The number of rotatable bonds is 5. The number of allylic oxidation sites excluding steroid dienone is 5. The highest BCUT2D eigenvalue weighted by Gasteiger charge is 2.12. The molecule has 2 N–H and O–H groups in total. The Hall–Kier alpha value is -1.35. The Kier molecular flexibility index (Phi) is 5.70. The third-order valence-electron chi connectivity index (χ3n) is 2.92. The number of carbonyl (C=O) groups is 1. The maximum Gasteiger partial charge on any atom is 0.227 e. The van der Waals surface area contributed by atoms with Crippen LogP contribution in [0.4, 0.5) is 0 Å². The van der Waals surface area contributed by atoms with Crippen molar-refractivity contribution < 1.29 is 9.90 Å². The fourth-order valence-corrected chi connectivity index (χ4v) is 1.61. The van der Waals surface area contributed by atoms with E-state index < -0.39 is 0 Å². The van der Waals surface area contributed by atoms with Crippen molar-refractivity contribution in [2.45, 2.75) is 33.1 Å². The summed E-state index contributed by atoms with van der Waals surface area (Å²) in [5.74, 6) is -0.189. The Balaban J connectivity index is 2.53. The minimum absolute atomic E-state index is 0.0325. The van der Waals surface area contributed by atoms with Crippen LogP contribution in [0.2, 0.25) is 0 Å². The zero-order chi connectivity index (χ0) is 12.7. The lowest BCUT2D eigenvalue weighted by Crippen LogP contribution is -2.28. The van der Waals surface area contributed by atoms with Gasteiger partial charge in [0.1, 0.15) is 0 Å². The van der Waals surface area contributed by atoms with Gasteiger partial charge in [0.25, 0.3) is 0 Å². The van der Waals surface area contributed by atoms with E-state index in [-0.39, 0.29) is 18.4 Å². The number of nitrogens with one attached hydrogen (secondary N) is 1. The summed E-state index contributed by atoms with van der Waals surface area (Å²) in [5.41, 5.74) is 2.20. The van der Waals surface area contributed by atoms with E-state index in [0.717, 1.165) is 18.5 Å². The molecule has 1 amide bonds. The van der Waals surface area contributed by atoms with Crippen molar-refractivity contribution in [2.24, 2.45) is 5.92 Å². The molecule has 0 spiro atoms. The van der Waals surface area contributed by atoms with Gasteiger partial charge in [-0.2, -0.15) is 0 Å². The Morgan fingerprint density at radius 1 is 1.59 bits per heavy atom. The monoisotopic (exact) mass is 235 g/mol. The van der Waals surface area contributed by atoms with Crippen molar-refractivity contribution in [1.82, 2.24) is 5.32 Å². The molecule has 0 aromatic heterocycles. The first kappa shape index (κ1) is 13.7. The van der Waals surface area contributed by atoms with Crippen LogP contribution < -0.4 is 5.32 Å². The third kappa shape index (κ3) is 4.57. The van der Waals surface area contributed by atoms with Gasteiger partial charge in [0.2, 0.25) is 5.91 Å². The fourth-order valence-electron chi connectivity index (χ4n) is 1.61.